The van der Waals surface area contributed by atoms with Crippen molar-refractivity contribution in [3.05, 3.63) is 68.7 Å². The largest absolute Gasteiger partial charge is 0.313 e. The van der Waals surface area contributed by atoms with Gasteiger partial charge in [0.1, 0.15) is 0 Å². The van der Waals surface area contributed by atoms with Crippen molar-refractivity contribution in [1.29, 1.82) is 0 Å². The van der Waals surface area contributed by atoms with Crippen LogP contribution in [-0.2, 0) is 6.42 Å². The molecule has 2 rings (SSSR count). The standard InChI is InChI=1S/C18H22BrN/c1-12-8-9-15(17(19)10-12)18(20-4)11-16-13(2)6-5-7-14(16)3/h5-10,18,20H,11H2,1-4H3. The minimum Gasteiger partial charge on any atom is -0.313 e. The zero-order valence-electron chi connectivity index (χ0n) is 12.6. The van der Waals surface area contributed by atoms with E-state index in [1.54, 1.807) is 0 Å². The van der Waals surface area contributed by atoms with E-state index in [0.717, 1.165) is 6.42 Å². The van der Waals surface area contributed by atoms with E-state index in [2.05, 4.69) is 78.4 Å². The van der Waals surface area contributed by atoms with E-state index < -0.39 is 0 Å². The first-order valence-electron chi connectivity index (χ1n) is 7.01. The average molecular weight is 332 g/mol. The second-order valence-electron chi connectivity index (χ2n) is 5.44. The summed E-state index contributed by atoms with van der Waals surface area (Å²) < 4.78 is 1.18. The lowest BCUT2D eigenvalue weighted by Crippen LogP contribution is -2.20. The first-order valence-corrected chi connectivity index (χ1v) is 7.80. The fourth-order valence-electron chi connectivity index (χ4n) is 2.66. The Morgan fingerprint density at radius 3 is 2.25 bits per heavy atom. The molecule has 2 heteroatoms. The summed E-state index contributed by atoms with van der Waals surface area (Å²) in [5.41, 5.74) is 6.78. The van der Waals surface area contributed by atoms with E-state index in [0.29, 0.717) is 6.04 Å². The van der Waals surface area contributed by atoms with Gasteiger partial charge in [0.2, 0.25) is 0 Å². The number of hydrogen-bond acceptors (Lipinski definition) is 1. The van der Waals surface area contributed by atoms with Gasteiger partial charge >= 0.3 is 0 Å². The van der Waals surface area contributed by atoms with E-state index in [-0.39, 0.29) is 0 Å². The molecule has 2 aromatic carbocycles. The Hall–Kier alpha value is -1.12. The molecule has 2 aromatic rings. The van der Waals surface area contributed by atoms with Crippen molar-refractivity contribution >= 4 is 15.9 Å². The number of rotatable bonds is 4. The summed E-state index contributed by atoms with van der Waals surface area (Å²) in [5, 5.41) is 3.45. The molecule has 1 nitrogen and oxygen atoms in total. The first kappa shape index (κ1) is 15.3. The zero-order chi connectivity index (χ0) is 14.7. The molecule has 0 aliphatic rings. The smallest absolute Gasteiger partial charge is 0.0369 e. The second kappa shape index (κ2) is 6.55. The first-order chi connectivity index (χ1) is 9.52. The van der Waals surface area contributed by atoms with Crippen LogP contribution in [0.1, 0.15) is 33.9 Å². The lowest BCUT2D eigenvalue weighted by atomic mass is 9.93. The molecule has 0 saturated heterocycles. The molecule has 0 aromatic heterocycles. The summed E-state index contributed by atoms with van der Waals surface area (Å²) in [6.07, 6.45) is 1.01. The van der Waals surface area contributed by atoms with Crippen LogP contribution in [0.3, 0.4) is 0 Å². The molecule has 0 fully saturated rings. The molecule has 0 heterocycles. The zero-order valence-corrected chi connectivity index (χ0v) is 14.2. The SMILES string of the molecule is CNC(Cc1c(C)cccc1C)c1ccc(C)cc1Br. The molecule has 0 radical (unpaired) electrons. The molecule has 0 aliphatic carbocycles. The highest BCUT2D eigenvalue weighted by atomic mass is 79.9. The number of hydrogen-bond donors (Lipinski definition) is 1. The van der Waals surface area contributed by atoms with E-state index in [4.69, 9.17) is 0 Å². The molecule has 0 bridgehead atoms. The number of halogens is 1. The third-order valence-electron chi connectivity index (χ3n) is 3.93. The van der Waals surface area contributed by atoms with Crippen LogP contribution >= 0.6 is 15.9 Å². The van der Waals surface area contributed by atoms with Gasteiger partial charge in [-0.2, -0.15) is 0 Å². The molecule has 0 saturated carbocycles. The summed E-state index contributed by atoms with van der Waals surface area (Å²) >= 11 is 3.70. The summed E-state index contributed by atoms with van der Waals surface area (Å²) in [6.45, 7) is 6.51. The monoisotopic (exact) mass is 331 g/mol. The minimum atomic E-state index is 0.324. The molecule has 1 atom stereocenters. The van der Waals surface area contributed by atoms with Crippen LogP contribution in [0.15, 0.2) is 40.9 Å². The van der Waals surface area contributed by atoms with Gasteiger partial charge in [0.25, 0.3) is 0 Å². The number of benzene rings is 2. The van der Waals surface area contributed by atoms with Crippen molar-refractivity contribution in [2.45, 2.75) is 33.2 Å². The highest BCUT2D eigenvalue weighted by molar-refractivity contribution is 9.10. The predicted molar refractivity (Wildman–Crippen MR) is 90.3 cm³/mol. The average Bonchev–Trinajstić information content (AvgIpc) is 2.40. The van der Waals surface area contributed by atoms with Crippen LogP contribution < -0.4 is 5.32 Å². The Bertz CT molecular complexity index is 584. The van der Waals surface area contributed by atoms with Gasteiger partial charge in [-0.25, -0.2) is 0 Å². The molecular formula is C18H22BrN. The second-order valence-corrected chi connectivity index (χ2v) is 6.30. The maximum Gasteiger partial charge on any atom is 0.0369 e. The predicted octanol–water partition coefficient (Wildman–Crippen LogP) is 4.88. The van der Waals surface area contributed by atoms with Gasteiger partial charge in [0, 0.05) is 10.5 Å². The summed E-state index contributed by atoms with van der Waals surface area (Å²) in [7, 11) is 2.03. The topological polar surface area (TPSA) is 12.0 Å². The number of aryl methyl sites for hydroxylation is 3. The van der Waals surface area contributed by atoms with E-state index in [1.165, 1.54) is 32.3 Å². The van der Waals surface area contributed by atoms with Crippen LogP contribution in [0.5, 0.6) is 0 Å². The highest BCUT2D eigenvalue weighted by Gasteiger charge is 2.15. The van der Waals surface area contributed by atoms with Crippen molar-refractivity contribution in [3.63, 3.8) is 0 Å². The normalized spacial score (nSPS) is 12.4. The Labute approximate surface area is 130 Å². The number of nitrogens with one attached hydrogen (secondary N) is 1. The van der Waals surface area contributed by atoms with Gasteiger partial charge in [-0.3, -0.25) is 0 Å². The molecule has 1 unspecified atom stereocenters. The fraction of sp³-hybridized carbons (Fsp3) is 0.333. The van der Waals surface area contributed by atoms with Gasteiger partial charge in [-0.15, -0.1) is 0 Å². The van der Waals surface area contributed by atoms with Crippen molar-refractivity contribution in [2.24, 2.45) is 0 Å². The Balaban J connectivity index is 2.34. The third kappa shape index (κ3) is 3.31. The molecule has 1 N–H and O–H groups in total. The maximum atomic E-state index is 3.70. The van der Waals surface area contributed by atoms with Gasteiger partial charge in [-0.1, -0.05) is 46.3 Å². The Morgan fingerprint density at radius 1 is 1.05 bits per heavy atom. The Morgan fingerprint density at radius 2 is 1.70 bits per heavy atom. The molecule has 20 heavy (non-hydrogen) atoms. The summed E-state index contributed by atoms with van der Waals surface area (Å²) in [6, 6.07) is 13.4. The lowest BCUT2D eigenvalue weighted by molar-refractivity contribution is 0.586. The van der Waals surface area contributed by atoms with Crippen LogP contribution in [0, 0.1) is 20.8 Å². The van der Waals surface area contributed by atoms with Crippen LogP contribution in [0.25, 0.3) is 0 Å². The van der Waals surface area contributed by atoms with Crippen molar-refractivity contribution in [1.82, 2.24) is 5.32 Å². The third-order valence-corrected chi connectivity index (χ3v) is 4.62. The summed E-state index contributed by atoms with van der Waals surface area (Å²) in [4.78, 5) is 0. The van der Waals surface area contributed by atoms with Crippen LogP contribution in [0.4, 0.5) is 0 Å². The van der Waals surface area contributed by atoms with Gasteiger partial charge in [0.15, 0.2) is 0 Å². The van der Waals surface area contributed by atoms with E-state index in [1.807, 2.05) is 7.05 Å². The van der Waals surface area contributed by atoms with E-state index >= 15 is 0 Å². The van der Waals surface area contributed by atoms with Crippen molar-refractivity contribution < 1.29 is 0 Å². The highest BCUT2D eigenvalue weighted by Crippen LogP contribution is 2.28. The van der Waals surface area contributed by atoms with Crippen LogP contribution in [0.2, 0.25) is 0 Å². The van der Waals surface area contributed by atoms with Gasteiger partial charge in [0.05, 0.1) is 0 Å². The van der Waals surface area contributed by atoms with Gasteiger partial charge in [-0.05, 0) is 68.1 Å². The molecule has 0 spiro atoms. The number of likely N-dealkylation sites (N-methyl/N-ethyl adjacent to an activating group) is 1. The quantitative estimate of drug-likeness (QED) is 0.842. The Kier molecular flexibility index (Phi) is 5.00. The fourth-order valence-corrected chi connectivity index (χ4v) is 3.43. The minimum absolute atomic E-state index is 0.324. The van der Waals surface area contributed by atoms with Crippen molar-refractivity contribution in [3.8, 4) is 0 Å². The van der Waals surface area contributed by atoms with Gasteiger partial charge < -0.3 is 5.32 Å². The molecular weight excluding hydrogens is 310 g/mol. The molecule has 0 amide bonds. The van der Waals surface area contributed by atoms with Crippen LogP contribution in [-0.4, -0.2) is 7.05 Å². The maximum absolute atomic E-state index is 3.70. The molecule has 106 valence electrons. The van der Waals surface area contributed by atoms with Crippen molar-refractivity contribution in [2.75, 3.05) is 7.05 Å². The lowest BCUT2D eigenvalue weighted by Gasteiger charge is -2.21. The molecule has 0 aliphatic heterocycles. The summed E-state index contributed by atoms with van der Waals surface area (Å²) in [5.74, 6) is 0. The van der Waals surface area contributed by atoms with E-state index in [9.17, 15) is 0 Å².